The lowest BCUT2D eigenvalue weighted by atomic mass is 10.0. The lowest BCUT2D eigenvalue weighted by Gasteiger charge is -2.25. The molecule has 3 N–H and O–H groups in total. The van der Waals surface area contributed by atoms with Crippen LogP contribution in [-0.4, -0.2) is 26.3 Å². The van der Waals surface area contributed by atoms with Gasteiger partial charge >= 0.3 is 0 Å². The molecule has 9 heteroatoms. The summed E-state index contributed by atoms with van der Waals surface area (Å²) in [5.74, 6) is 0.353. The fourth-order valence-electron chi connectivity index (χ4n) is 3.53. The van der Waals surface area contributed by atoms with Crippen LogP contribution in [-0.2, 0) is 0 Å². The molecule has 2 aromatic heterocycles. The van der Waals surface area contributed by atoms with Crippen molar-refractivity contribution in [1.29, 1.82) is 0 Å². The van der Waals surface area contributed by atoms with E-state index in [0.29, 0.717) is 38.8 Å². The molecule has 0 radical (unpaired) electrons. The van der Waals surface area contributed by atoms with E-state index in [1.54, 1.807) is 24.8 Å². The normalized spacial score (nSPS) is 16.3. The molecule has 3 heterocycles. The molecule has 0 saturated carbocycles. The highest BCUT2D eigenvalue weighted by Crippen LogP contribution is 2.32. The molecule has 0 spiro atoms. The van der Waals surface area contributed by atoms with Crippen LogP contribution in [0.3, 0.4) is 0 Å². The third-order valence-corrected chi connectivity index (χ3v) is 5.26. The van der Waals surface area contributed by atoms with Gasteiger partial charge in [0.25, 0.3) is 0 Å². The van der Waals surface area contributed by atoms with Crippen molar-refractivity contribution >= 4 is 34.8 Å². The van der Waals surface area contributed by atoms with E-state index in [1.165, 1.54) is 12.1 Å². The Morgan fingerprint density at radius 1 is 1.17 bits per heavy atom. The van der Waals surface area contributed by atoms with Gasteiger partial charge in [0.1, 0.15) is 23.2 Å². The Labute approximate surface area is 176 Å². The first-order chi connectivity index (χ1) is 14.6. The number of aromatic nitrogens is 4. The van der Waals surface area contributed by atoms with Gasteiger partial charge in [0, 0.05) is 5.56 Å². The number of nitrogens with one attached hydrogen (secondary N) is 3. The fourth-order valence-corrected chi connectivity index (χ4v) is 3.74. The second-order valence-corrected chi connectivity index (χ2v) is 7.37. The number of para-hydroxylation sites is 1. The van der Waals surface area contributed by atoms with Crippen LogP contribution in [0.4, 0.5) is 10.2 Å². The van der Waals surface area contributed by atoms with Crippen molar-refractivity contribution in [1.82, 2.24) is 30.6 Å². The van der Waals surface area contributed by atoms with Gasteiger partial charge in [-0.1, -0.05) is 29.8 Å². The van der Waals surface area contributed by atoms with Crippen molar-refractivity contribution in [2.45, 2.75) is 19.1 Å². The van der Waals surface area contributed by atoms with Gasteiger partial charge in [-0.3, -0.25) is 5.32 Å². The molecule has 2 atom stereocenters. The van der Waals surface area contributed by atoms with Crippen molar-refractivity contribution < 1.29 is 4.39 Å². The molecule has 1 aliphatic rings. The molecule has 1 unspecified atom stereocenters. The summed E-state index contributed by atoms with van der Waals surface area (Å²) in [6.45, 7) is 1.98. The average molecular weight is 422 g/mol. The molecule has 150 valence electrons. The van der Waals surface area contributed by atoms with Crippen LogP contribution in [0.5, 0.6) is 0 Å². The van der Waals surface area contributed by atoms with Crippen LogP contribution in [0, 0.1) is 5.82 Å². The second kappa shape index (κ2) is 7.47. The highest BCUT2D eigenvalue weighted by Gasteiger charge is 2.25. The van der Waals surface area contributed by atoms with Crippen LogP contribution in [0.2, 0.25) is 5.02 Å². The standard InChI is InChI=1S/C21H17ClFN7/c1-11(28-21-19-20(25-9-24-19)26-10-27-21)16-17(12-4-2-5-13(23)8-12)30-18-14(22)6-3-7-15(18)29-16/h2-11,21,28H,1H3,(H,24,25)(H,26,27)/t11-,21?/m0/s1. The van der Waals surface area contributed by atoms with Gasteiger partial charge in [-0.05, 0) is 31.2 Å². The predicted molar refractivity (Wildman–Crippen MR) is 114 cm³/mol. The van der Waals surface area contributed by atoms with E-state index in [-0.39, 0.29) is 18.0 Å². The Hall–Kier alpha value is -3.36. The number of benzene rings is 2. The molecular weight excluding hydrogens is 405 g/mol. The summed E-state index contributed by atoms with van der Waals surface area (Å²) in [7, 11) is 0. The summed E-state index contributed by atoms with van der Waals surface area (Å²) in [5, 5.41) is 7.13. The van der Waals surface area contributed by atoms with E-state index >= 15 is 0 Å². The maximum absolute atomic E-state index is 14.0. The summed E-state index contributed by atoms with van der Waals surface area (Å²) in [4.78, 5) is 21.2. The third-order valence-electron chi connectivity index (χ3n) is 4.95. The lowest BCUT2D eigenvalue weighted by molar-refractivity contribution is 0.433. The van der Waals surface area contributed by atoms with Gasteiger partial charge in [0.15, 0.2) is 5.82 Å². The maximum atomic E-state index is 14.0. The van der Waals surface area contributed by atoms with E-state index in [9.17, 15) is 4.39 Å². The molecule has 7 nitrogen and oxygen atoms in total. The van der Waals surface area contributed by atoms with Crippen LogP contribution >= 0.6 is 11.6 Å². The van der Waals surface area contributed by atoms with E-state index in [4.69, 9.17) is 21.6 Å². The molecular formula is C21H17ClFN7. The van der Waals surface area contributed by atoms with E-state index in [1.807, 2.05) is 25.1 Å². The average Bonchev–Trinajstić information content (AvgIpc) is 3.23. The molecule has 5 rings (SSSR count). The van der Waals surface area contributed by atoms with Gasteiger partial charge in [-0.25, -0.2) is 24.3 Å². The van der Waals surface area contributed by atoms with Gasteiger partial charge < -0.3 is 10.3 Å². The first kappa shape index (κ1) is 18.7. The summed E-state index contributed by atoms with van der Waals surface area (Å²) < 4.78 is 14.0. The molecule has 1 aliphatic heterocycles. The molecule has 2 aromatic carbocycles. The van der Waals surface area contributed by atoms with E-state index in [2.05, 4.69) is 25.6 Å². The first-order valence-electron chi connectivity index (χ1n) is 9.40. The van der Waals surface area contributed by atoms with Crippen molar-refractivity contribution in [2.24, 2.45) is 4.99 Å². The Balaban J connectivity index is 1.60. The van der Waals surface area contributed by atoms with Crippen LogP contribution in [0.15, 0.2) is 53.8 Å². The maximum Gasteiger partial charge on any atom is 0.158 e. The Morgan fingerprint density at radius 2 is 2.03 bits per heavy atom. The quantitative estimate of drug-likeness (QED) is 0.453. The second-order valence-electron chi connectivity index (χ2n) is 6.96. The van der Waals surface area contributed by atoms with Gasteiger partial charge in [-0.15, -0.1) is 0 Å². The van der Waals surface area contributed by atoms with Crippen LogP contribution < -0.4 is 10.6 Å². The minimum Gasteiger partial charge on any atom is -0.355 e. The number of nitrogens with zero attached hydrogens (tertiary/aromatic N) is 4. The smallest absolute Gasteiger partial charge is 0.158 e. The number of aromatic amines is 1. The lowest BCUT2D eigenvalue weighted by Crippen LogP contribution is -2.37. The van der Waals surface area contributed by atoms with Gasteiger partial charge in [0.05, 0.1) is 40.6 Å². The number of hydrogen-bond acceptors (Lipinski definition) is 6. The number of imidazole rings is 1. The van der Waals surface area contributed by atoms with Crippen molar-refractivity contribution in [3.63, 3.8) is 0 Å². The molecule has 30 heavy (non-hydrogen) atoms. The highest BCUT2D eigenvalue weighted by atomic mass is 35.5. The predicted octanol–water partition coefficient (Wildman–Crippen LogP) is 4.42. The number of halogens is 2. The van der Waals surface area contributed by atoms with Crippen molar-refractivity contribution in [3.05, 3.63) is 71.0 Å². The van der Waals surface area contributed by atoms with Crippen LogP contribution in [0.1, 0.15) is 30.5 Å². The summed E-state index contributed by atoms with van der Waals surface area (Å²) >= 11 is 6.35. The van der Waals surface area contributed by atoms with Crippen LogP contribution in [0.25, 0.3) is 22.3 Å². The molecule has 4 aromatic rings. The van der Waals surface area contributed by atoms with E-state index < -0.39 is 0 Å². The van der Waals surface area contributed by atoms with E-state index in [0.717, 1.165) is 5.69 Å². The minimum absolute atomic E-state index is 0.243. The number of hydrogen-bond donors (Lipinski definition) is 3. The fraction of sp³-hybridized carbons (Fsp3) is 0.143. The van der Waals surface area contributed by atoms with Gasteiger partial charge in [0.2, 0.25) is 0 Å². The molecule has 0 saturated heterocycles. The molecule has 0 bridgehead atoms. The largest absolute Gasteiger partial charge is 0.355 e. The zero-order valence-corrected chi connectivity index (χ0v) is 16.7. The number of aliphatic imine (C=N–C) groups is 1. The summed E-state index contributed by atoms with van der Waals surface area (Å²) in [6, 6.07) is 11.5. The summed E-state index contributed by atoms with van der Waals surface area (Å²) in [5.41, 5.74) is 3.88. The third kappa shape index (κ3) is 3.30. The van der Waals surface area contributed by atoms with Crippen molar-refractivity contribution in [2.75, 3.05) is 0 Å². The number of H-pyrrole nitrogens is 1. The Bertz CT molecular complexity index is 1270. The zero-order valence-electron chi connectivity index (χ0n) is 15.9. The topological polar surface area (TPSA) is 90.9 Å². The SMILES string of the molecule is C[C@H](NC1NC=Nc2[nH]cnc21)c1nc2cccc(Cl)c2nc1-c1cccc(F)c1. The molecule has 0 aliphatic carbocycles. The molecule has 0 amide bonds. The minimum atomic E-state index is -0.341. The first-order valence-corrected chi connectivity index (χ1v) is 9.78. The highest BCUT2D eigenvalue weighted by molar-refractivity contribution is 6.34. The zero-order chi connectivity index (χ0) is 20.7. The molecule has 0 fully saturated rings. The number of fused-ring (bicyclic) bond motifs is 2. The Kier molecular flexibility index (Phi) is 4.65. The summed E-state index contributed by atoms with van der Waals surface area (Å²) in [6.07, 6.45) is 2.95. The van der Waals surface area contributed by atoms with Gasteiger partial charge in [-0.2, -0.15) is 0 Å². The number of rotatable bonds is 4. The Morgan fingerprint density at radius 3 is 2.90 bits per heavy atom. The monoisotopic (exact) mass is 421 g/mol. The van der Waals surface area contributed by atoms with Crippen molar-refractivity contribution in [3.8, 4) is 11.3 Å².